The SMILES string of the molecule is CCN(C(C)CN(C)C)C1CCCC(CO)(NC2CC2)C1. The minimum absolute atomic E-state index is 0.0185. The summed E-state index contributed by atoms with van der Waals surface area (Å²) in [6, 6.07) is 1.85. The Hall–Kier alpha value is -0.160. The number of aliphatic hydroxyl groups is 1. The zero-order valence-corrected chi connectivity index (χ0v) is 14.4. The second-order valence-electron chi connectivity index (χ2n) is 7.55. The van der Waals surface area contributed by atoms with Gasteiger partial charge in [0, 0.05) is 30.2 Å². The molecule has 2 saturated carbocycles. The predicted molar refractivity (Wildman–Crippen MR) is 88.6 cm³/mol. The summed E-state index contributed by atoms with van der Waals surface area (Å²) in [5.74, 6) is 0. The standard InChI is InChI=1S/C17H35N3O/c1-5-20(14(2)12-19(3)4)16-7-6-10-17(11-16,13-21)18-15-8-9-15/h14-16,18,21H,5-13H2,1-4H3. The molecule has 0 aromatic rings. The van der Waals surface area contributed by atoms with Crippen molar-refractivity contribution in [3.8, 4) is 0 Å². The van der Waals surface area contributed by atoms with E-state index in [-0.39, 0.29) is 5.54 Å². The predicted octanol–water partition coefficient (Wildman–Crippen LogP) is 1.68. The second kappa shape index (κ2) is 7.40. The van der Waals surface area contributed by atoms with Crippen molar-refractivity contribution in [1.29, 1.82) is 0 Å². The molecule has 2 aliphatic carbocycles. The lowest BCUT2D eigenvalue weighted by Gasteiger charge is -2.46. The van der Waals surface area contributed by atoms with E-state index >= 15 is 0 Å². The van der Waals surface area contributed by atoms with E-state index in [2.05, 4.69) is 43.1 Å². The van der Waals surface area contributed by atoms with Crippen molar-refractivity contribution in [3.05, 3.63) is 0 Å². The molecule has 0 saturated heterocycles. The van der Waals surface area contributed by atoms with Gasteiger partial charge in [-0.3, -0.25) is 4.90 Å². The van der Waals surface area contributed by atoms with E-state index in [0.717, 1.165) is 25.9 Å². The third-order valence-electron chi connectivity index (χ3n) is 5.24. The molecule has 0 spiro atoms. The van der Waals surface area contributed by atoms with Gasteiger partial charge < -0.3 is 15.3 Å². The van der Waals surface area contributed by atoms with Crippen LogP contribution < -0.4 is 5.32 Å². The Morgan fingerprint density at radius 1 is 1.29 bits per heavy atom. The third-order valence-corrected chi connectivity index (χ3v) is 5.24. The van der Waals surface area contributed by atoms with Crippen LogP contribution in [0.5, 0.6) is 0 Å². The molecule has 0 bridgehead atoms. The Balaban J connectivity index is 1.99. The molecule has 0 amide bonds. The first-order chi connectivity index (χ1) is 9.99. The molecule has 0 heterocycles. The van der Waals surface area contributed by atoms with Crippen LogP contribution in [0.2, 0.25) is 0 Å². The molecule has 0 aromatic heterocycles. The van der Waals surface area contributed by atoms with Crippen molar-refractivity contribution in [2.45, 2.75) is 76.0 Å². The first-order valence-electron chi connectivity index (χ1n) is 8.78. The van der Waals surface area contributed by atoms with Gasteiger partial charge >= 0.3 is 0 Å². The number of hydrogen-bond donors (Lipinski definition) is 2. The number of hydrogen-bond acceptors (Lipinski definition) is 4. The lowest BCUT2D eigenvalue weighted by atomic mass is 9.78. The maximum Gasteiger partial charge on any atom is 0.0613 e. The maximum absolute atomic E-state index is 9.99. The van der Waals surface area contributed by atoms with Crippen LogP contribution in [-0.4, -0.2) is 72.4 Å². The summed E-state index contributed by atoms with van der Waals surface area (Å²) < 4.78 is 0. The third kappa shape index (κ3) is 4.65. The van der Waals surface area contributed by atoms with E-state index in [0.29, 0.717) is 24.7 Å². The van der Waals surface area contributed by atoms with Crippen molar-refractivity contribution in [1.82, 2.24) is 15.1 Å². The van der Waals surface area contributed by atoms with Crippen LogP contribution in [0.1, 0.15) is 52.4 Å². The molecule has 4 nitrogen and oxygen atoms in total. The molecule has 0 radical (unpaired) electrons. The van der Waals surface area contributed by atoms with Crippen molar-refractivity contribution < 1.29 is 5.11 Å². The van der Waals surface area contributed by atoms with Gasteiger partial charge in [-0.1, -0.05) is 6.92 Å². The minimum atomic E-state index is -0.0185. The summed E-state index contributed by atoms with van der Waals surface area (Å²) in [6.07, 6.45) is 7.33. The molecule has 0 aromatic carbocycles. The summed E-state index contributed by atoms with van der Waals surface area (Å²) in [5.41, 5.74) is -0.0185. The number of aliphatic hydroxyl groups excluding tert-OH is 1. The lowest BCUT2D eigenvalue weighted by molar-refractivity contribution is 0.0380. The zero-order chi connectivity index (χ0) is 15.5. The van der Waals surface area contributed by atoms with E-state index < -0.39 is 0 Å². The first-order valence-corrected chi connectivity index (χ1v) is 8.78. The van der Waals surface area contributed by atoms with Crippen molar-refractivity contribution in [2.24, 2.45) is 0 Å². The maximum atomic E-state index is 9.99. The van der Waals surface area contributed by atoms with Crippen LogP contribution >= 0.6 is 0 Å². The van der Waals surface area contributed by atoms with Gasteiger partial charge in [0.05, 0.1) is 6.61 Å². The van der Waals surface area contributed by atoms with Gasteiger partial charge in [-0.15, -0.1) is 0 Å². The van der Waals surface area contributed by atoms with Crippen molar-refractivity contribution in [2.75, 3.05) is 33.8 Å². The van der Waals surface area contributed by atoms with Crippen LogP contribution in [0.15, 0.2) is 0 Å². The van der Waals surface area contributed by atoms with E-state index in [9.17, 15) is 5.11 Å². The zero-order valence-electron chi connectivity index (χ0n) is 14.4. The summed E-state index contributed by atoms with van der Waals surface area (Å²) >= 11 is 0. The van der Waals surface area contributed by atoms with Gasteiger partial charge in [-0.25, -0.2) is 0 Å². The Morgan fingerprint density at radius 2 is 2.00 bits per heavy atom. The molecular weight excluding hydrogens is 262 g/mol. The smallest absolute Gasteiger partial charge is 0.0613 e. The highest BCUT2D eigenvalue weighted by Crippen LogP contribution is 2.35. The molecule has 2 N–H and O–H groups in total. The molecule has 3 unspecified atom stereocenters. The highest BCUT2D eigenvalue weighted by Gasteiger charge is 2.41. The Kier molecular flexibility index (Phi) is 6.06. The van der Waals surface area contributed by atoms with Crippen LogP contribution in [0.4, 0.5) is 0 Å². The Morgan fingerprint density at radius 3 is 2.52 bits per heavy atom. The highest BCUT2D eigenvalue weighted by atomic mass is 16.3. The molecule has 3 atom stereocenters. The van der Waals surface area contributed by atoms with Crippen LogP contribution in [-0.2, 0) is 0 Å². The monoisotopic (exact) mass is 297 g/mol. The molecule has 2 fully saturated rings. The number of nitrogens with zero attached hydrogens (tertiary/aromatic N) is 2. The first kappa shape index (κ1) is 17.2. The van der Waals surface area contributed by atoms with E-state index in [1.54, 1.807) is 0 Å². The summed E-state index contributed by atoms with van der Waals surface area (Å²) in [7, 11) is 4.30. The Labute approximate surface area is 130 Å². The largest absolute Gasteiger partial charge is 0.394 e. The lowest BCUT2D eigenvalue weighted by Crippen LogP contribution is -2.58. The summed E-state index contributed by atoms with van der Waals surface area (Å²) in [6.45, 7) is 7.11. The summed E-state index contributed by atoms with van der Waals surface area (Å²) in [4.78, 5) is 4.93. The average molecular weight is 297 g/mol. The average Bonchev–Trinajstić information content (AvgIpc) is 3.23. The van der Waals surface area contributed by atoms with E-state index in [1.807, 2.05) is 0 Å². The molecule has 124 valence electrons. The van der Waals surface area contributed by atoms with Gasteiger partial charge in [0.15, 0.2) is 0 Å². The molecule has 21 heavy (non-hydrogen) atoms. The molecule has 0 aliphatic heterocycles. The van der Waals surface area contributed by atoms with Gasteiger partial charge in [0.1, 0.15) is 0 Å². The van der Waals surface area contributed by atoms with Crippen molar-refractivity contribution >= 4 is 0 Å². The fourth-order valence-electron chi connectivity index (χ4n) is 4.16. The highest BCUT2D eigenvalue weighted by molar-refractivity contribution is 5.01. The number of nitrogens with one attached hydrogen (secondary N) is 1. The van der Waals surface area contributed by atoms with Crippen LogP contribution in [0.3, 0.4) is 0 Å². The van der Waals surface area contributed by atoms with Gasteiger partial charge in [0.25, 0.3) is 0 Å². The number of rotatable bonds is 8. The second-order valence-corrected chi connectivity index (χ2v) is 7.55. The van der Waals surface area contributed by atoms with E-state index in [1.165, 1.54) is 25.7 Å². The van der Waals surface area contributed by atoms with Crippen LogP contribution in [0.25, 0.3) is 0 Å². The quantitative estimate of drug-likeness (QED) is 0.715. The van der Waals surface area contributed by atoms with Crippen molar-refractivity contribution in [3.63, 3.8) is 0 Å². The topological polar surface area (TPSA) is 38.7 Å². The number of likely N-dealkylation sites (N-methyl/N-ethyl adjacent to an activating group) is 2. The summed E-state index contributed by atoms with van der Waals surface area (Å²) in [5, 5.41) is 13.7. The molecule has 2 aliphatic rings. The fraction of sp³-hybridized carbons (Fsp3) is 1.00. The Bertz CT molecular complexity index is 319. The molecular formula is C17H35N3O. The van der Waals surface area contributed by atoms with E-state index in [4.69, 9.17) is 0 Å². The molecule has 2 rings (SSSR count). The van der Waals surface area contributed by atoms with Gasteiger partial charge in [0.2, 0.25) is 0 Å². The fourth-order valence-corrected chi connectivity index (χ4v) is 4.16. The van der Waals surface area contributed by atoms with Gasteiger partial charge in [-0.2, -0.15) is 0 Å². The normalized spacial score (nSPS) is 31.9. The molecule has 4 heteroatoms. The van der Waals surface area contributed by atoms with Crippen LogP contribution in [0, 0.1) is 0 Å². The minimum Gasteiger partial charge on any atom is -0.394 e. The van der Waals surface area contributed by atoms with Gasteiger partial charge in [-0.05, 0) is 66.1 Å².